The normalized spacial score (nSPS) is 12.5. The molecular weight excluding hydrogens is 320 g/mol. The molecule has 0 aromatic carbocycles. The van der Waals surface area contributed by atoms with E-state index in [1.54, 1.807) is 0 Å². The maximum absolute atomic E-state index is 11.2. The summed E-state index contributed by atoms with van der Waals surface area (Å²) in [5, 5.41) is 0. The fourth-order valence-corrected chi connectivity index (χ4v) is 2.31. The van der Waals surface area contributed by atoms with Gasteiger partial charge in [-0.1, -0.05) is 74.1 Å². The van der Waals surface area contributed by atoms with Gasteiger partial charge in [0.25, 0.3) is 0 Å². The Bertz CT molecular complexity index is 453. The van der Waals surface area contributed by atoms with Gasteiger partial charge >= 0.3 is 5.97 Å². The maximum atomic E-state index is 11.2. The summed E-state index contributed by atoms with van der Waals surface area (Å²) >= 11 is 0. The highest BCUT2D eigenvalue weighted by Gasteiger charge is 1.99. The predicted octanol–water partition coefficient (Wildman–Crippen LogP) is 7.25. The van der Waals surface area contributed by atoms with Crippen molar-refractivity contribution in [3.05, 3.63) is 60.8 Å². The van der Waals surface area contributed by atoms with Crippen LogP contribution in [0.4, 0.5) is 0 Å². The van der Waals surface area contributed by atoms with E-state index in [4.69, 9.17) is 4.74 Å². The molecule has 0 N–H and O–H groups in total. The molecule has 0 aromatic heterocycles. The lowest BCUT2D eigenvalue weighted by atomic mass is 10.1. The first-order valence-corrected chi connectivity index (χ1v) is 10.2. The van der Waals surface area contributed by atoms with Crippen LogP contribution in [0.15, 0.2) is 60.8 Å². The second-order valence-corrected chi connectivity index (χ2v) is 6.11. The smallest absolute Gasteiger partial charge is 0.305 e. The molecular formula is C24H38O2. The Morgan fingerprint density at radius 2 is 1.15 bits per heavy atom. The molecule has 0 radical (unpaired) electrons. The highest BCUT2D eigenvalue weighted by Crippen LogP contribution is 2.05. The monoisotopic (exact) mass is 358 g/mol. The summed E-state index contributed by atoms with van der Waals surface area (Å²) in [6.07, 6.45) is 32.2. The lowest BCUT2D eigenvalue weighted by Crippen LogP contribution is -2.02. The van der Waals surface area contributed by atoms with Crippen LogP contribution in [-0.2, 0) is 9.53 Å². The zero-order valence-electron chi connectivity index (χ0n) is 16.9. The molecule has 146 valence electrons. The van der Waals surface area contributed by atoms with Gasteiger partial charge in [0.2, 0.25) is 0 Å². The molecule has 0 saturated heterocycles. The van der Waals surface area contributed by atoms with Crippen molar-refractivity contribution in [1.82, 2.24) is 0 Å². The second-order valence-electron chi connectivity index (χ2n) is 6.11. The largest absolute Gasteiger partial charge is 0.466 e. The van der Waals surface area contributed by atoms with Crippen molar-refractivity contribution in [1.29, 1.82) is 0 Å². The topological polar surface area (TPSA) is 26.3 Å². The Morgan fingerprint density at radius 3 is 1.65 bits per heavy atom. The van der Waals surface area contributed by atoms with Gasteiger partial charge < -0.3 is 4.74 Å². The molecule has 0 aliphatic carbocycles. The highest BCUT2D eigenvalue weighted by molar-refractivity contribution is 5.69. The number of ether oxygens (including phenoxy) is 1. The van der Waals surface area contributed by atoms with Gasteiger partial charge in [-0.2, -0.15) is 0 Å². The third-order valence-electron chi connectivity index (χ3n) is 3.71. The summed E-state index contributed by atoms with van der Waals surface area (Å²) in [5.41, 5.74) is 0. The molecule has 0 aliphatic heterocycles. The molecule has 0 aliphatic rings. The van der Waals surface area contributed by atoms with Crippen LogP contribution >= 0.6 is 0 Å². The predicted molar refractivity (Wildman–Crippen MR) is 114 cm³/mol. The molecule has 0 atom stereocenters. The van der Waals surface area contributed by atoms with E-state index < -0.39 is 0 Å². The summed E-state index contributed by atoms with van der Waals surface area (Å²) in [6, 6.07) is 0. The molecule has 0 unspecified atom stereocenters. The van der Waals surface area contributed by atoms with Gasteiger partial charge in [0, 0.05) is 6.42 Å². The number of carbonyl (C=O) groups is 1. The van der Waals surface area contributed by atoms with E-state index in [1.165, 1.54) is 0 Å². The molecule has 0 saturated carbocycles. The Labute approximate surface area is 161 Å². The number of esters is 1. The van der Waals surface area contributed by atoms with Crippen LogP contribution in [0.25, 0.3) is 0 Å². The summed E-state index contributed by atoms with van der Waals surface area (Å²) < 4.78 is 4.91. The van der Waals surface area contributed by atoms with E-state index >= 15 is 0 Å². The van der Waals surface area contributed by atoms with Crippen LogP contribution in [0.3, 0.4) is 0 Å². The van der Waals surface area contributed by atoms with E-state index in [-0.39, 0.29) is 5.97 Å². The SMILES string of the molecule is CCC=CCC=CCC=CCC=CC/C=C\CCCCCC(=O)OCC. The first-order chi connectivity index (χ1) is 12.8. The van der Waals surface area contributed by atoms with Crippen molar-refractivity contribution in [3.63, 3.8) is 0 Å². The van der Waals surface area contributed by atoms with E-state index in [2.05, 4.69) is 67.7 Å². The zero-order chi connectivity index (χ0) is 19.1. The molecule has 0 fully saturated rings. The third-order valence-corrected chi connectivity index (χ3v) is 3.71. The Balaban J connectivity index is 3.43. The standard InChI is InChI=1S/C24H38O2/c1-3-5-6-7-8-9-10-11-12-13-14-15-16-17-18-19-20-21-22-23-24(25)26-4-2/h5-6,8-9,11-12,14-15,17-18H,3-4,7,10,13,16,19-23H2,1-2H3/b6-5?,9-8?,12-11?,15-14?,18-17-. The number of rotatable bonds is 16. The minimum atomic E-state index is -0.0672. The molecule has 0 rings (SSSR count). The van der Waals surface area contributed by atoms with Gasteiger partial charge in [0.15, 0.2) is 0 Å². The van der Waals surface area contributed by atoms with Gasteiger partial charge in [0.1, 0.15) is 0 Å². The Kier molecular flexibility index (Phi) is 19.7. The highest BCUT2D eigenvalue weighted by atomic mass is 16.5. The zero-order valence-corrected chi connectivity index (χ0v) is 16.9. The van der Waals surface area contributed by atoms with Crippen LogP contribution in [0, 0.1) is 0 Å². The lowest BCUT2D eigenvalue weighted by molar-refractivity contribution is -0.143. The minimum absolute atomic E-state index is 0.0672. The number of hydrogen-bond donors (Lipinski definition) is 0. The molecule has 26 heavy (non-hydrogen) atoms. The molecule has 0 amide bonds. The average Bonchev–Trinajstić information content (AvgIpc) is 2.64. The first kappa shape index (κ1) is 24.2. The van der Waals surface area contributed by atoms with Crippen LogP contribution in [0.1, 0.15) is 78.1 Å². The third kappa shape index (κ3) is 20.2. The van der Waals surface area contributed by atoms with Gasteiger partial charge in [-0.25, -0.2) is 0 Å². The fourth-order valence-electron chi connectivity index (χ4n) is 2.31. The van der Waals surface area contributed by atoms with Crippen LogP contribution in [-0.4, -0.2) is 12.6 Å². The van der Waals surface area contributed by atoms with E-state index in [1.807, 2.05) is 6.92 Å². The summed E-state index contributed by atoms with van der Waals surface area (Å²) in [4.78, 5) is 11.2. The summed E-state index contributed by atoms with van der Waals surface area (Å²) in [6.45, 7) is 4.49. The van der Waals surface area contributed by atoms with Crippen LogP contribution in [0.5, 0.6) is 0 Å². The molecule has 2 nitrogen and oxygen atoms in total. The maximum Gasteiger partial charge on any atom is 0.305 e. The van der Waals surface area contributed by atoms with Crippen molar-refractivity contribution in [2.75, 3.05) is 6.61 Å². The van der Waals surface area contributed by atoms with E-state index in [0.717, 1.165) is 57.8 Å². The van der Waals surface area contributed by atoms with Gasteiger partial charge in [0.05, 0.1) is 6.61 Å². The summed E-state index contributed by atoms with van der Waals surface area (Å²) in [7, 11) is 0. The lowest BCUT2D eigenvalue weighted by Gasteiger charge is -2.00. The molecule has 0 bridgehead atoms. The number of allylic oxidation sites excluding steroid dienone is 10. The quantitative estimate of drug-likeness (QED) is 0.165. The van der Waals surface area contributed by atoms with Crippen molar-refractivity contribution < 1.29 is 9.53 Å². The first-order valence-electron chi connectivity index (χ1n) is 10.2. The molecule has 0 aromatic rings. The van der Waals surface area contributed by atoms with E-state index in [9.17, 15) is 4.79 Å². The Hall–Kier alpha value is -1.83. The van der Waals surface area contributed by atoms with Crippen molar-refractivity contribution in [2.45, 2.75) is 78.1 Å². The Morgan fingerprint density at radius 1 is 0.654 bits per heavy atom. The van der Waals surface area contributed by atoms with E-state index in [0.29, 0.717) is 13.0 Å². The summed E-state index contributed by atoms with van der Waals surface area (Å²) in [5.74, 6) is -0.0672. The van der Waals surface area contributed by atoms with Crippen molar-refractivity contribution >= 4 is 5.97 Å². The van der Waals surface area contributed by atoms with Gasteiger partial charge in [-0.3, -0.25) is 4.79 Å². The van der Waals surface area contributed by atoms with Gasteiger partial charge in [-0.05, 0) is 58.3 Å². The number of hydrogen-bond acceptors (Lipinski definition) is 2. The number of carbonyl (C=O) groups excluding carboxylic acids is 1. The fraction of sp³-hybridized carbons (Fsp3) is 0.542. The van der Waals surface area contributed by atoms with Gasteiger partial charge in [-0.15, -0.1) is 0 Å². The average molecular weight is 359 g/mol. The second kappa shape index (κ2) is 21.2. The van der Waals surface area contributed by atoms with Crippen molar-refractivity contribution in [2.24, 2.45) is 0 Å². The van der Waals surface area contributed by atoms with Crippen LogP contribution < -0.4 is 0 Å². The number of unbranched alkanes of at least 4 members (excludes halogenated alkanes) is 3. The molecule has 2 heteroatoms. The minimum Gasteiger partial charge on any atom is -0.466 e. The molecule has 0 spiro atoms. The molecule has 0 heterocycles. The van der Waals surface area contributed by atoms with Crippen LogP contribution in [0.2, 0.25) is 0 Å². The van der Waals surface area contributed by atoms with Crippen molar-refractivity contribution in [3.8, 4) is 0 Å².